The minimum atomic E-state index is -0.669. The zero-order valence-corrected chi connectivity index (χ0v) is 10.3. The molecule has 2 aromatic rings. The van der Waals surface area contributed by atoms with Gasteiger partial charge < -0.3 is 10.4 Å². The molecule has 3 heteroatoms. The maximum atomic E-state index is 10.3. The molecule has 17 heavy (non-hydrogen) atoms. The lowest BCUT2D eigenvalue weighted by Gasteiger charge is -2.16. The zero-order valence-electron chi connectivity index (χ0n) is 9.52. The molecule has 1 atom stereocenters. The van der Waals surface area contributed by atoms with Gasteiger partial charge in [-0.25, -0.2) is 0 Å². The van der Waals surface area contributed by atoms with Gasteiger partial charge in [-0.2, -0.15) is 0 Å². The van der Waals surface area contributed by atoms with E-state index in [4.69, 9.17) is 11.6 Å². The van der Waals surface area contributed by atoms with Crippen LogP contribution in [0, 0.1) is 0 Å². The summed E-state index contributed by atoms with van der Waals surface area (Å²) in [5.41, 5.74) is 2.52. The number of hydrogen-bond donors (Lipinski definition) is 2. The van der Waals surface area contributed by atoms with Crippen LogP contribution in [0.5, 0.6) is 0 Å². The predicted molar refractivity (Wildman–Crippen MR) is 71.5 cm³/mol. The van der Waals surface area contributed by atoms with E-state index >= 15 is 0 Å². The first-order chi connectivity index (χ1) is 8.22. The van der Waals surface area contributed by atoms with Crippen molar-refractivity contribution in [1.29, 1.82) is 0 Å². The molecule has 2 aromatic carbocycles. The van der Waals surface area contributed by atoms with Gasteiger partial charge in [-0.05, 0) is 23.8 Å². The standard InChI is InChI=1S/C14H14ClNO/c1-16-13-8-7-11(15)9-12(13)14(17)10-5-3-2-4-6-10/h2-9,14,16-17H,1H3/t14-/m0/s1. The lowest BCUT2D eigenvalue weighted by Crippen LogP contribution is -2.03. The number of nitrogens with one attached hydrogen (secondary N) is 1. The maximum Gasteiger partial charge on any atom is 0.106 e. The van der Waals surface area contributed by atoms with Gasteiger partial charge in [-0.1, -0.05) is 41.9 Å². The van der Waals surface area contributed by atoms with E-state index in [1.165, 1.54) is 0 Å². The molecule has 0 amide bonds. The number of rotatable bonds is 3. The Morgan fingerprint density at radius 3 is 2.47 bits per heavy atom. The Balaban J connectivity index is 2.43. The van der Waals surface area contributed by atoms with Gasteiger partial charge in [0, 0.05) is 23.3 Å². The van der Waals surface area contributed by atoms with E-state index in [1.54, 1.807) is 12.1 Å². The summed E-state index contributed by atoms with van der Waals surface area (Å²) in [5.74, 6) is 0. The van der Waals surface area contributed by atoms with Crippen LogP contribution in [0.1, 0.15) is 17.2 Å². The smallest absolute Gasteiger partial charge is 0.106 e. The summed E-state index contributed by atoms with van der Waals surface area (Å²) in [6.07, 6.45) is -0.669. The van der Waals surface area contributed by atoms with E-state index in [0.717, 1.165) is 16.8 Å². The highest BCUT2D eigenvalue weighted by Crippen LogP contribution is 2.30. The molecule has 0 heterocycles. The minimum Gasteiger partial charge on any atom is -0.388 e. The summed E-state index contributed by atoms with van der Waals surface area (Å²) in [5, 5.41) is 14.0. The van der Waals surface area contributed by atoms with Crippen LogP contribution in [0.2, 0.25) is 5.02 Å². The number of aliphatic hydroxyl groups excluding tert-OH is 1. The summed E-state index contributed by atoms with van der Waals surface area (Å²) in [7, 11) is 1.82. The van der Waals surface area contributed by atoms with Crippen molar-refractivity contribution in [2.75, 3.05) is 12.4 Å². The average Bonchev–Trinajstić information content (AvgIpc) is 2.39. The van der Waals surface area contributed by atoms with Crippen LogP contribution in [0.15, 0.2) is 48.5 Å². The zero-order chi connectivity index (χ0) is 12.3. The van der Waals surface area contributed by atoms with Crippen LogP contribution in [0.3, 0.4) is 0 Å². The molecule has 0 spiro atoms. The molecule has 0 aliphatic rings. The molecular formula is C14H14ClNO. The first kappa shape index (κ1) is 12.0. The third-order valence-corrected chi connectivity index (χ3v) is 2.93. The van der Waals surface area contributed by atoms with Crippen molar-refractivity contribution in [3.05, 3.63) is 64.7 Å². The Morgan fingerprint density at radius 2 is 1.82 bits per heavy atom. The van der Waals surface area contributed by atoms with E-state index in [0.29, 0.717) is 5.02 Å². The topological polar surface area (TPSA) is 32.3 Å². The summed E-state index contributed by atoms with van der Waals surface area (Å²) in [6.45, 7) is 0. The molecule has 0 bridgehead atoms. The van der Waals surface area contributed by atoms with Gasteiger partial charge in [0.1, 0.15) is 6.10 Å². The Labute approximate surface area is 106 Å². The minimum absolute atomic E-state index is 0.619. The second kappa shape index (κ2) is 5.21. The maximum absolute atomic E-state index is 10.3. The van der Waals surface area contributed by atoms with Crippen LogP contribution in [0.4, 0.5) is 5.69 Å². The van der Waals surface area contributed by atoms with Gasteiger partial charge in [-0.15, -0.1) is 0 Å². The number of anilines is 1. The average molecular weight is 248 g/mol. The fourth-order valence-electron chi connectivity index (χ4n) is 1.80. The molecule has 0 saturated heterocycles. The molecular weight excluding hydrogens is 234 g/mol. The molecule has 0 fully saturated rings. The second-order valence-corrected chi connectivity index (χ2v) is 4.23. The van der Waals surface area contributed by atoms with Crippen molar-refractivity contribution < 1.29 is 5.11 Å². The monoisotopic (exact) mass is 247 g/mol. The number of aliphatic hydroxyl groups is 1. The van der Waals surface area contributed by atoms with Crippen molar-refractivity contribution in [3.8, 4) is 0 Å². The van der Waals surface area contributed by atoms with Crippen molar-refractivity contribution in [3.63, 3.8) is 0 Å². The van der Waals surface area contributed by atoms with Crippen LogP contribution >= 0.6 is 11.6 Å². The predicted octanol–water partition coefficient (Wildman–Crippen LogP) is 3.46. The summed E-state index contributed by atoms with van der Waals surface area (Å²) >= 11 is 5.97. The fraction of sp³-hybridized carbons (Fsp3) is 0.143. The van der Waals surface area contributed by atoms with Crippen LogP contribution in [-0.4, -0.2) is 12.2 Å². The fourth-order valence-corrected chi connectivity index (χ4v) is 1.98. The number of halogens is 1. The summed E-state index contributed by atoms with van der Waals surface area (Å²) < 4.78 is 0. The molecule has 0 unspecified atom stereocenters. The van der Waals surface area contributed by atoms with E-state index in [9.17, 15) is 5.11 Å². The lowest BCUT2D eigenvalue weighted by atomic mass is 10.00. The SMILES string of the molecule is CNc1ccc(Cl)cc1[C@@H](O)c1ccccc1. The molecule has 88 valence electrons. The highest BCUT2D eigenvalue weighted by atomic mass is 35.5. The van der Waals surface area contributed by atoms with E-state index in [1.807, 2.05) is 43.4 Å². The van der Waals surface area contributed by atoms with E-state index in [2.05, 4.69) is 5.32 Å². The Hall–Kier alpha value is -1.51. The van der Waals surface area contributed by atoms with E-state index in [-0.39, 0.29) is 0 Å². The third kappa shape index (κ3) is 2.60. The van der Waals surface area contributed by atoms with Crippen LogP contribution in [-0.2, 0) is 0 Å². The van der Waals surface area contributed by atoms with Crippen molar-refractivity contribution >= 4 is 17.3 Å². The molecule has 2 rings (SSSR count). The van der Waals surface area contributed by atoms with Crippen molar-refractivity contribution in [2.24, 2.45) is 0 Å². The first-order valence-corrected chi connectivity index (χ1v) is 5.80. The highest BCUT2D eigenvalue weighted by molar-refractivity contribution is 6.30. The Morgan fingerprint density at radius 1 is 1.12 bits per heavy atom. The van der Waals surface area contributed by atoms with Crippen LogP contribution < -0.4 is 5.32 Å². The summed E-state index contributed by atoms with van der Waals surface area (Å²) in [6, 6.07) is 15.0. The number of benzene rings is 2. The molecule has 0 aromatic heterocycles. The highest BCUT2D eigenvalue weighted by Gasteiger charge is 2.14. The molecule has 0 saturated carbocycles. The number of hydrogen-bond acceptors (Lipinski definition) is 2. The molecule has 0 aliphatic heterocycles. The van der Waals surface area contributed by atoms with Gasteiger partial charge in [0.15, 0.2) is 0 Å². The van der Waals surface area contributed by atoms with Gasteiger partial charge in [0.2, 0.25) is 0 Å². The molecule has 0 aliphatic carbocycles. The normalized spacial score (nSPS) is 12.2. The van der Waals surface area contributed by atoms with Gasteiger partial charge in [0.05, 0.1) is 0 Å². The van der Waals surface area contributed by atoms with E-state index < -0.39 is 6.10 Å². The van der Waals surface area contributed by atoms with Gasteiger partial charge in [0.25, 0.3) is 0 Å². The van der Waals surface area contributed by atoms with Crippen molar-refractivity contribution in [1.82, 2.24) is 0 Å². The first-order valence-electron chi connectivity index (χ1n) is 5.42. The Bertz CT molecular complexity index is 499. The van der Waals surface area contributed by atoms with Gasteiger partial charge in [-0.3, -0.25) is 0 Å². The lowest BCUT2D eigenvalue weighted by molar-refractivity contribution is 0.221. The van der Waals surface area contributed by atoms with Crippen molar-refractivity contribution in [2.45, 2.75) is 6.10 Å². The summed E-state index contributed by atoms with van der Waals surface area (Å²) in [4.78, 5) is 0. The molecule has 2 N–H and O–H groups in total. The largest absolute Gasteiger partial charge is 0.388 e. The van der Waals surface area contributed by atoms with Gasteiger partial charge >= 0.3 is 0 Å². The van der Waals surface area contributed by atoms with Crippen LogP contribution in [0.25, 0.3) is 0 Å². The molecule has 0 radical (unpaired) electrons. The second-order valence-electron chi connectivity index (χ2n) is 3.79. The molecule has 2 nitrogen and oxygen atoms in total. The quantitative estimate of drug-likeness (QED) is 0.871. The Kier molecular flexibility index (Phi) is 3.67. The third-order valence-electron chi connectivity index (χ3n) is 2.69.